The molecule has 0 aromatic heterocycles. The van der Waals surface area contributed by atoms with Gasteiger partial charge in [-0.05, 0) is 68.2 Å². The van der Waals surface area contributed by atoms with Crippen molar-refractivity contribution in [3.8, 4) is 0 Å². The molecule has 1 fully saturated rings. The van der Waals surface area contributed by atoms with E-state index in [-0.39, 0.29) is 5.54 Å². The summed E-state index contributed by atoms with van der Waals surface area (Å²) in [5.74, 6) is 1.47. The van der Waals surface area contributed by atoms with E-state index in [0.717, 1.165) is 12.5 Å². The van der Waals surface area contributed by atoms with Crippen molar-refractivity contribution >= 4 is 5.69 Å². The molecule has 0 spiro atoms. The molecule has 0 aliphatic heterocycles. The number of aryl methyl sites for hydroxylation is 2. The molecule has 2 rings (SSSR count). The second-order valence-electron chi connectivity index (χ2n) is 6.99. The Morgan fingerprint density at radius 3 is 2.30 bits per heavy atom. The largest absolute Gasteiger partial charge is 0.367 e. The molecule has 3 unspecified atom stereocenters. The predicted octanol–water partition coefficient (Wildman–Crippen LogP) is 3.89. The van der Waals surface area contributed by atoms with Crippen LogP contribution in [0.5, 0.6) is 0 Å². The molecule has 1 aromatic carbocycles. The number of hydrogen-bond acceptors (Lipinski definition) is 2. The minimum absolute atomic E-state index is 0.118. The van der Waals surface area contributed by atoms with Crippen LogP contribution in [0.25, 0.3) is 0 Å². The zero-order valence-corrected chi connectivity index (χ0v) is 13.7. The van der Waals surface area contributed by atoms with Crippen LogP contribution in [0.15, 0.2) is 18.2 Å². The molecule has 2 N–H and O–H groups in total. The molecule has 2 nitrogen and oxygen atoms in total. The van der Waals surface area contributed by atoms with Crippen molar-refractivity contribution in [2.24, 2.45) is 17.6 Å². The summed E-state index contributed by atoms with van der Waals surface area (Å²) in [5.41, 5.74) is 10.3. The van der Waals surface area contributed by atoms with Gasteiger partial charge < -0.3 is 10.6 Å². The second-order valence-corrected chi connectivity index (χ2v) is 6.99. The summed E-state index contributed by atoms with van der Waals surface area (Å²) in [6.07, 6.45) is 3.78. The van der Waals surface area contributed by atoms with Crippen LogP contribution in [0.1, 0.15) is 44.2 Å². The van der Waals surface area contributed by atoms with Gasteiger partial charge >= 0.3 is 0 Å². The van der Waals surface area contributed by atoms with Crippen molar-refractivity contribution < 1.29 is 0 Å². The number of rotatable bonds is 3. The minimum Gasteiger partial charge on any atom is -0.367 e. The van der Waals surface area contributed by atoms with Gasteiger partial charge in [-0.3, -0.25) is 0 Å². The molecular weight excluding hydrogens is 244 g/mol. The van der Waals surface area contributed by atoms with Crippen LogP contribution < -0.4 is 10.6 Å². The summed E-state index contributed by atoms with van der Waals surface area (Å²) >= 11 is 0. The van der Waals surface area contributed by atoms with Crippen molar-refractivity contribution in [3.05, 3.63) is 29.3 Å². The number of hydrogen-bond donors (Lipinski definition) is 1. The van der Waals surface area contributed by atoms with Crippen LogP contribution in [-0.2, 0) is 0 Å². The highest BCUT2D eigenvalue weighted by Crippen LogP contribution is 2.41. The van der Waals surface area contributed by atoms with E-state index in [0.29, 0.717) is 5.92 Å². The fourth-order valence-electron chi connectivity index (χ4n) is 4.02. The summed E-state index contributed by atoms with van der Waals surface area (Å²) in [5, 5.41) is 0. The number of nitrogens with zero attached hydrogens (tertiary/aromatic N) is 1. The summed E-state index contributed by atoms with van der Waals surface area (Å²) in [4.78, 5) is 2.46. The SMILES string of the molecule is Cc1cc(C)cc(N(C)C2(CN)CCC(C)CC2C)c1. The smallest absolute Gasteiger partial charge is 0.0546 e. The lowest BCUT2D eigenvalue weighted by molar-refractivity contribution is 0.164. The Morgan fingerprint density at radius 2 is 1.80 bits per heavy atom. The van der Waals surface area contributed by atoms with Crippen molar-refractivity contribution in [3.63, 3.8) is 0 Å². The Labute approximate surface area is 124 Å². The quantitative estimate of drug-likeness (QED) is 0.906. The van der Waals surface area contributed by atoms with Gasteiger partial charge in [-0.25, -0.2) is 0 Å². The van der Waals surface area contributed by atoms with Gasteiger partial charge in [-0.15, -0.1) is 0 Å². The highest BCUT2D eigenvalue weighted by atomic mass is 15.2. The highest BCUT2D eigenvalue weighted by molar-refractivity contribution is 5.53. The van der Waals surface area contributed by atoms with Crippen molar-refractivity contribution in [1.82, 2.24) is 0 Å². The zero-order valence-electron chi connectivity index (χ0n) is 13.7. The molecule has 1 saturated carbocycles. The van der Waals surface area contributed by atoms with Gasteiger partial charge in [-0.2, -0.15) is 0 Å². The first kappa shape index (κ1) is 15.4. The molecule has 0 radical (unpaired) electrons. The fraction of sp³-hybridized carbons (Fsp3) is 0.667. The fourth-order valence-corrected chi connectivity index (χ4v) is 4.02. The lowest BCUT2D eigenvalue weighted by Gasteiger charge is -2.51. The molecule has 0 amide bonds. The van der Waals surface area contributed by atoms with Crippen molar-refractivity contribution in [2.45, 2.75) is 52.5 Å². The van der Waals surface area contributed by atoms with Gasteiger partial charge in [0.25, 0.3) is 0 Å². The number of anilines is 1. The Morgan fingerprint density at radius 1 is 1.20 bits per heavy atom. The van der Waals surface area contributed by atoms with E-state index in [2.05, 4.69) is 57.8 Å². The van der Waals surface area contributed by atoms with Gasteiger partial charge in [-0.1, -0.05) is 19.9 Å². The Bertz CT molecular complexity index is 448. The maximum Gasteiger partial charge on any atom is 0.0546 e. The van der Waals surface area contributed by atoms with Gasteiger partial charge in [0.15, 0.2) is 0 Å². The monoisotopic (exact) mass is 274 g/mol. The van der Waals surface area contributed by atoms with Crippen LogP contribution in [0.4, 0.5) is 5.69 Å². The summed E-state index contributed by atoms with van der Waals surface area (Å²) in [6, 6.07) is 6.81. The topological polar surface area (TPSA) is 29.3 Å². The van der Waals surface area contributed by atoms with Crippen LogP contribution in [-0.4, -0.2) is 19.1 Å². The van der Waals surface area contributed by atoms with E-state index in [1.807, 2.05) is 0 Å². The van der Waals surface area contributed by atoms with E-state index in [4.69, 9.17) is 5.73 Å². The van der Waals surface area contributed by atoms with E-state index in [9.17, 15) is 0 Å². The van der Waals surface area contributed by atoms with E-state index >= 15 is 0 Å². The summed E-state index contributed by atoms with van der Waals surface area (Å²) in [6.45, 7) is 9.83. The third-order valence-electron chi connectivity index (χ3n) is 5.36. The third kappa shape index (κ3) is 2.71. The molecule has 0 heterocycles. The van der Waals surface area contributed by atoms with Crippen LogP contribution in [0.2, 0.25) is 0 Å². The predicted molar refractivity (Wildman–Crippen MR) is 88.3 cm³/mol. The molecule has 3 atom stereocenters. The van der Waals surface area contributed by atoms with Gasteiger partial charge in [0.05, 0.1) is 5.54 Å². The van der Waals surface area contributed by atoms with Crippen LogP contribution in [0.3, 0.4) is 0 Å². The van der Waals surface area contributed by atoms with Crippen molar-refractivity contribution in [2.75, 3.05) is 18.5 Å². The highest BCUT2D eigenvalue weighted by Gasteiger charge is 2.42. The first-order chi connectivity index (χ1) is 9.39. The number of benzene rings is 1. The molecular formula is C18H30N2. The van der Waals surface area contributed by atoms with E-state index in [1.165, 1.54) is 36.1 Å². The maximum atomic E-state index is 6.25. The normalized spacial score (nSPS) is 30.3. The first-order valence-corrected chi connectivity index (χ1v) is 7.91. The molecule has 20 heavy (non-hydrogen) atoms. The molecule has 1 aliphatic rings. The molecule has 112 valence electrons. The minimum atomic E-state index is 0.118. The molecule has 2 heteroatoms. The van der Waals surface area contributed by atoms with Crippen LogP contribution >= 0.6 is 0 Å². The lowest BCUT2D eigenvalue weighted by atomic mass is 9.69. The van der Waals surface area contributed by atoms with Crippen LogP contribution in [0, 0.1) is 25.7 Å². The average molecular weight is 274 g/mol. The summed E-state index contributed by atoms with van der Waals surface area (Å²) in [7, 11) is 2.23. The molecule has 0 bridgehead atoms. The van der Waals surface area contributed by atoms with Crippen molar-refractivity contribution in [1.29, 1.82) is 0 Å². The Kier molecular flexibility index (Phi) is 4.43. The van der Waals surface area contributed by atoms with Gasteiger partial charge in [0, 0.05) is 19.3 Å². The first-order valence-electron chi connectivity index (χ1n) is 7.91. The molecule has 0 saturated heterocycles. The lowest BCUT2D eigenvalue weighted by Crippen LogP contribution is -2.59. The molecule has 1 aromatic rings. The standard InChI is InChI=1S/C18H30N2/c1-13-6-7-18(12-19,16(4)9-13)20(5)17-10-14(2)8-15(3)11-17/h8,10-11,13,16H,6-7,9,12,19H2,1-5H3. The zero-order chi connectivity index (χ0) is 14.9. The number of likely N-dealkylation sites (N-methyl/N-ethyl adjacent to an activating group) is 1. The van der Waals surface area contributed by atoms with E-state index in [1.54, 1.807) is 0 Å². The third-order valence-corrected chi connectivity index (χ3v) is 5.36. The second kappa shape index (κ2) is 5.77. The Balaban J connectivity index is 2.35. The number of nitrogens with two attached hydrogens (primary N) is 1. The van der Waals surface area contributed by atoms with E-state index < -0.39 is 0 Å². The van der Waals surface area contributed by atoms with Gasteiger partial charge in [0.2, 0.25) is 0 Å². The Hall–Kier alpha value is -1.02. The average Bonchev–Trinajstić information content (AvgIpc) is 2.37. The molecule has 1 aliphatic carbocycles. The maximum absolute atomic E-state index is 6.25. The van der Waals surface area contributed by atoms with Gasteiger partial charge in [0.1, 0.15) is 0 Å². The summed E-state index contributed by atoms with van der Waals surface area (Å²) < 4.78 is 0.